The monoisotopic (exact) mass is 388 g/mol. The van der Waals surface area contributed by atoms with Gasteiger partial charge in [0.15, 0.2) is 0 Å². The van der Waals surface area contributed by atoms with Crippen LogP contribution in [0.4, 0.5) is 22.7 Å². The van der Waals surface area contributed by atoms with E-state index in [1.165, 1.54) is 0 Å². The van der Waals surface area contributed by atoms with Crippen molar-refractivity contribution in [3.8, 4) is 11.5 Å². The van der Waals surface area contributed by atoms with E-state index in [-0.39, 0.29) is 27.9 Å². The number of phenolic OH excluding ortho intramolecular Hbond substituents is 2. The van der Waals surface area contributed by atoms with Crippen LogP contribution in [0.25, 0.3) is 0 Å². The highest BCUT2D eigenvalue weighted by molar-refractivity contribution is 6.32. The predicted octanol–water partition coefficient (Wildman–Crippen LogP) is 4.77. The van der Waals surface area contributed by atoms with Crippen LogP contribution in [0.15, 0.2) is 28.4 Å². The van der Waals surface area contributed by atoms with E-state index in [0.29, 0.717) is 5.69 Å². The standard InChI is InChI=1S/C18H17ClN4O4/c19-12-8-16(24)13(9-15(12)23(26)27)20-21-14-7-10-3-1-5-22-6-2-4-11(17(10)22)18(14)25/h7-9,24-25H,1-6H2. The molecule has 0 amide bonds. The molecule has 2 N–H and O–H groups in total. The van der Waals surface area contributed by atoms with Crippen LogP contribution in [0.3, 0.4) is 0 Å². The third-order valence-corrected chi connectivity index (χ3v) is 5.28. The van der Waals surface area contributed by atoms with Crippen LogP contribution in [-0.4, -0.2) is 28.2 Å². The average molecular weight is 389 g/mol. The Hall–Kier alpha value is -2.87. The molecule has 2 heterocycles. The Morgan fingerprint density at radius 1 is 1.07 bits per heavy atom. The van der Waals surface area contributed by atoms with E-state index in [1.807, 2.05) is 0 Å². The van der Waals surface area contributed by atoms with Crippen LogP contribution in [0.5, 0.6) is 11.5 Å². The fourth-order valence-corrected chi connectivity index (χ4v) is 4.00. The number of azo groups is 1. The highest BCUT2D eigenvalue weighted by atomic mass is 35.5. The van der Waals surface area contributed by atoms with E-state index in [0.717, 1.165) is 67.7 Å². The van der Waals surface area contributed by atoms with E-state index in [2.05, 4.69) is 15.1 Å². The van der Waals surface area contributed by atoms with Gasteiger partial charge < -0.3 is 15.1 Å². The van der Waals surface area contributed by atoms with Gasteiger partial charge in [-0.1, -0.05) is 11.6 Å². The number of benzene rings is 2. The Bertz CT molecular complexity index is 975. The zero-order valence-corrected chi connectivity index (χ0v) is 15.1. The Morgan fingerprint density at radius 3 is 2.52 bits per heavy atom. The first-order valence-electron chi connectivity index (χ1n) is 8.67. The maximum absolute atomic E-state index is 11.0. The van der Waals surface area contributed by atoms with Gasteiger partial charge in [0.1, 0.15) is 27.9 Å². The number of rotatable bonds is 3. The van der Waals surface area contributed by atoms with Crippen molar-refractivity contribution in [1.29, 1.82) is 0 Å². The SMILES string of the molecule is O=[N+]([O-])c1cc(N=Nc2cc3c4c(c2O)CCCN4CCC3)c(O)cc1Cl. The number of halogens is 1. The number of hydrogen-bond donors (Lipinski definition) is 2. The third kappa shape index (κ3) is 3.06. The van der Waals surface area contributed by atoms with Gasteiger partial charge in [-0.3, -0.25) is 10.1 Å². The number of phenols is 2. The Kier molecular flexibility index (Phi) is 4.35. The van der Waals surface area contributed by atoms with Crippen molar-refractivity contribution in [3.63, 3.8) is 0 Å². The van der Waals surface area contributed by atoms with E-state index in [9.17, 15) is 20.3 Å². The average Bonchev–Trinajstić information content (AvgIpc) is 2.64. The number of aryl methyl sites for hydroxylation is 1. The van der Waals surface area contributed by atoms with Gasteiger partial charge in [0, 0.05) is 36.5 Å². The predicted molar refractivity (Wildman–Crippen MR) is 101 cm³/mol. The van der Waals surface area contributed by atoms with E-state index in [4.69, 9.17) is 11.6 Å². The van der Waals surface area contributed by atoms with Crippen molar-refractivity contribution < 1.29 is 15.1 Å². The van der Waals surface area contributed by atoms with Gasteiger partial charge in [0.25, 0.3) is 5.69 Å². The van der Waals surface area contributed by atoms with E-state index < -0.39 is 4.92 Å². The first-order chi connectivity index (χ1) is 13.0. The lowest BCUT2D eigenvalue weighted by Crippen LogP contribution is -2.34. The normalized spacial score (nSPS) is 15.8. The Balaban J connectivity index is 1.76. The molecule has 0 aliphatic carbocycles. The summed E-state index contributed by atoms with van der Waals surface area (Å²) in [6.07, 6.45) is 3.67. The maximum Gasteiger partial charge on any atom is 0.290 e. The topological polar surface area (TPSA) is 112 Å². The molecule has 0 spiro atoms. The van der Waals surface area contributed by atoms with Crippen molar-refractivity contribution in [2.75, 3.05) is 18.0 Å². The molecule has 2 aromatic rings. The highest BCUT2D eigenvalue weighted by Crippen LogP contribution is 2.46. The summed E-state index contributed by atoms with van der Waals surface area (Å²) in [6.45, 7) is 1.98. The van der Waals surface area contributed by atoms with Crippen molar-refractivity contribution in [1.82, 2.24) is 0 Å². The molecule has 0 saturated heterocycles. The summed E-state index contributed by atoms with van der Waals surface area (Å²) in [5.41, 5.74) is 2.94. The minimum absolute atomic E-state index is 0.0760. The van der Waals surface area contributed by atoms with Gasteiger partial charge in [-0.05, 0) is 37.3 Å². The van der Waals surface area contributed by atoms with E-state index in [1.54, 1.807) is 6.07 Å². The molecule has 4 rings (SSSR count). The Morgan fingerprint density at radius 2 is 1.78 bits per heavy atom. The van der Waals surface area contributed by atoms with Crippen molar-refractivity contribution in [2.24, 2.45) is 10.2 Å². The first kappa shape index (κ1) is 17.5. The molecule has 8 nitrogen and oxygen atoms in total. The lowest BCUT2D eigenvalue weighted by Gasteiger charge is -2.37. The minimum Gasteiger partial charge on any atom is -0.506 e. The summed E-state index contributed by atoms with van der Waals surface area (Å²) in [5, 5.41) is 39.4. The maximum atomic E-state index is 11.0. The molecule has 0 bridgehead atoms. The van der Waals surface area contributed by atoms with Crippen molar-refractivity contribution in [2.45, 2.75) is 25.7 Å². The molecule has 0 saturated carbocycles. The van der Waals surface area contributed by atoms with Gasteiger partial charge in [-0.25, -0.2) is 0 Å². The number of hydrogen-bond acceptors (Lipinski definition) is 7. The van der Waals surface area contributed by atoms with Crippen molar-refractivity contribution in [3.05, 3.63) is 44.5 Å². The summed E-state index contributed by atoms with van der Waals surface area (Å²) in [5.74, 6) is -0.244. The number of nitro benzene ring substituents is 1. The summed E-state index contributed by atoms with van der Waals surface area (Å²) in [7, 11) is 0. The number of aromatic hydroxyl groups is 2. The zero-order valence-electron chi connectivity index (χ0n) is 14.4. The van der Waals surface area contributed by atoms with Gasteiger partial charge in [0.05, 0.1) is 4.92 Å². The molecule has 2 aromatic carbocycles. The second-order valence-corrected chi connectivity index (χ2v) is 7.08. The van der Waals surface area contributed by atoms with Crippen LogP contribution >= 0.6 is 11.6 Å². The fraction of sp³-hybridized carbons (Fsp3) is 0.333. The molecule has 27 heavy (non-hydrogen) atoms. The van der Waals surface area contributed by atoms with Crippen molar-refractivity contribution >= 4 is 34.4 Å². The molecule has 9 heteroatoms. The second-order valence-electron chi connectivity index (χ2n) is 6.67. The molecule has 0 aromatic heterocycles. The lowest BCUT2D eigenvalue weighted by atomic mass is 9.90. The smallest absolute Gasteiger partial charge is 0.290 e. The van der Waals surface area contributed by atoms with Gasteiger partial charge >= 0.3 is 0 Å². The number of nitrogens with zero attached hydrogens (tertiary/aromatic N) is 4. The Labute approximate surface area is 159 Å². The van der Waals surface area contributed by atoms with Gasteiger partial charge in [-0.2, -0.15) is 0 Å². The van der Waals surface area contributed by atoms with E-state index >= 15 is 0 Å². The van der Waals surface area contributed by atoms with Crippen LogP contribution in [0.2, 0.25) is 5.02 Å². The molecule has 0 radical (unpaired) electrons. The van der Waals surface area contributed by atoms with Crippen LogP contribution in [-0.2, 0) is 12.8 Å². The summed E-state index contributed by atoms with van der Waals surface area (Å²) < 4.78 is 0. The molecular weight excluding hydrogens is 372 g/mol. The minimum atomic E-state index is -0.657. The molecular formula is C18H17ClN4O4. The first-order valence-corrected chi connectivity index (χ1v) is 9.05. The van der Waals surface area contributed by atoms with Crippen LogP contribution in [0.1, 0.15) is 24.0 Å². The summed E-state index contributed by atoms with van der Waals surface area (Å²) in [4.78, 5) is 12.7. The largest absolute Gasteiger partial charge is 0.506 e. The van der Waals surface area contributed by atoms with Crippen LogP contribution in [0, 0.1) is 10.1 Å². The molecule has 0 unspecified atom stereocenters. The summed E-state index contributed by atoms with van der Waals surface area (Å²) >= 11 is 5.76. The molecule has 2 aliphatic heterocycles. The quantitative estimate of drug-likeness (QED) is 0.446. The molecule has 2 aliphatic rings. The third-order valence-electron chi connectivity index (χ3n) is 4.98. The molecule has 0 atom stereocenters. The van der Waals surface area contributed by atoms with Crippen LogP contribution < -0.4 is 4.90 Å². The van der Waals surface area contributed by atoms with Gasteiger partial charge in [-0.15, -0.1) is 10.2 Å². The van der Waals surface area contributed by atoms with Gasteiger partial charge in [0.2, 0.25) is 0 Å². The summed E-state index contributed by atoms with van der Waals surface area (Å²) in [6, 6.07) is 3.92. The second kappa shape index (κ2) is 6.70. The number of anilines is 1. The molecule has 140 valence electrons. The fourth-order valence-electron chi connectivity index (χ4n) is 3.77. The highest BCUT2D eigenvalue weighted by Gasteiger charge is 2.27. The lowest BCUT2D eigenvalue weighted by molar-refractivity contribution is -0.384. The number of nitro groups is 1. The molecule has 0 fully saturated rings. The zero-order chi connectivity index (χ0) is 19.1.